The zero-order valence-corrected chi connectivity index (χ0v) is 5.72. The number of likely N-dealkylation sites (N-methyl/N-ethyl adjacent to an activating group) is 1. The molecule has 0 fully saturated rings. The Hall–Kier alpha value is -1.32. The fourth-order valence-corrected chi connectivity index (χ4v) is 0.750. The molecule has 0 aromatic heterocycles. The molecule has 0 atom stereocenters. The lowest BCUT2D eigenvalue weighted by Gasteiger charge is -2.23. The van der Waals surface area contributed by atoms with Gasteiger partial charge in [-0.05, 0) is 0 Å². The molecule has 0 spiro atoms. The fraction of sp³-hybridized carbons (Fsp3) is 0.333. The number of nitrogens with one attached hydrogen (secondary N) is 2. The van der Waals surface area contributed by atoms with Gasteiger partial charge in [0.2, 0.25) is 0 Å². The quantitative estimate of drug-likeness (QED) is 0.483. The minimum absolute atomic E-state index is 0.272. The van der Waals surface area contributed by atoms with Crippen LogP contribution in [0, 0.1) is 5.41 Å². The predicted molar refractivity (Wildman–Crippen MR) is 37.6 cm³/mol. The van der Waals surface area contributed by atoms with Crippen LogP contribution in [0.25, 0.3) is 0 Å². The number of amidine groups is 1. The molecule has 0 aliphatic carbocycles. The lowest BCUT2D eigenvalue weighted by atomic mass is 10.2. The van der Waals surface area contributed by atoms with Crippen LogP contribution in [0.2, 0.25) is 0 Å². The number of aldehydes is 1. The molecule has 1 rings (SSSR count). The van der Waals surface area contributed by atoms with Gasteiger partial charge in [0.15, 0.2) is 6.29 Å². The van der Waals surface area contributed by atoms with Gasteiger partial charge >= 0.3 is 0 Å². The molecule has 0 amide bonds. The average molecular weight is 139 g/mol. The third-order valence-electron chi connectivity index (χ3n) is 1.37. The molecule has 0 saturated heterocycles. The molecular weight excluding hydrogens is 130 g/mol. The van der Waals surface area contributed by atoms with Crippen LogP contribution in [0.4, 0.5) is 0 Å². The molecular formula is C6H9N3O. The van der Waals surface area contributed by atoms with Gasteiger partial charge in [-0.15, -0.1) is 0 Å². The van der Waals surface area contributed by atoms with Crippen LogP contribution >= 0.6 is 0 Å². The van der Waals surface area contributed by atoms with Crippen molar-refractivity contribution in [2.24, 2.45) is 0 Å². The maximum atomic E-state index is 10.2. The van der Waals surface area contributed by atoms with Gasteiger partial charge in [-0.25, -0.2) is 0 Å². The number of nitrogens with zero attached hydrogens (tertiary/aromatic N) is 1. The molecule has 4 nitrogen and oxygen atoms in total. The first kappa shape index (κ1) is 6.80. The van der Waals surface area contributed by atoms with E-state index in [4.69, 9.17) is 5.41 Å². The van der Waals surface area contributed by atoms with Gasteiger partial charge in [0, 0.05) is 13.2 Å². The first-order valence-electron chi connectivity index (χ1n) is 2.94. The summed E-state index contributed by atoms with van der Waals surface area (Å²) in [6, 6.07) is 0. The fourth-order valence-electron chi connectivity index (χ4n) is 0.750. The lowest BCUT2D eigenvalue weighted by molar-refractivity contribution is -0.104. The summed E-state index contributed by atoms with van der Waals surface area (Å²) in [4.78, 5) is 11.9. The molecule has 10 heavy (non-hydrogen) atoms. The van der Waals surface area contributed by atoms with Crippen LogP contribution in [-0.4, -0.2) is 30.7 Å². The van der Waals surface area contributed by atoms with Crippen LogP contribution in [0.1, 0.15) is 0 Å². The number of hydrogen-bond acceptors (Lipinski definition) is 3. The summed E-state index contributed by atoms with van der Waals surface area (Å²) >= 11 is 0. The highest BCUT2D eigenvalue weighted by Gasteiger charge is 2.12. The Morgan fingerprint density at radius 1 is 1.90 bits per heavy atom. The summed E-state index contributed by atoms with van der Waals surface area (Å²) in [5.41, 5.74) is 0.397. The molecule has 0 bridgehead atoms. The Kier molecular flexibility index (Phi) is 1.71. The third kappa shape index (κ3) is 1.00. The van der Waals surface area contributed by atoms with E-state index < -0.39 is 0 Å². The van der Waals surface area contributed by atoms with E-state index in [0.717, 1.165) is 0 Å². The summed E-state index contributed by atoms with van der Waals surface area (Å²) < 4.78 is 0. The molecule has 0 aromatic carbocycles. The summed E-state index contributed by atoms with van der Waals surface area (Å²) in [5, 5.41) is 10.2. The molecule has 1 aliphatic rings. The zero-order chi connectivity index (χ0) is 7.56. The smallest absolute Gasteiger partial charge is 0.155 e. The highest BCUT2D eigenvalue weighted by Crippen LogP contribution is 1.99. The minimum atomic E-state index is 0.272. The predicted octanol–water partition coefficient (Wildman–Crippen LogP) is -0.461. The highest BCUT2D eigenvalue weighted by molar-refractivity contribution is 6.12. The molecule has 0 radical (unpaired) electrons. The van der Waals surface area contributed by atoms with E-state index in [0.29, 0.717) is 18.5 Å². The number of rotatable bonds is 1. The standard InChI is InChI=1S/C6H9N3O/c1-9-4-8-2-5(3-10)6(9)7/h2-3,7-8H,4H2,1H3. The van der Waals surface area contributed by atoms with E-state index in [2.05, 4.69) is 5.32 Å². The normalized spacial score (nSPS) is 17.9. The Morgan fingerprint density at radius 2 is 2.60 bits per heavy atom. The van der Waals surface area contributed by atoms with Crippen LogP contribution in [0.3, 0.4) is 0 Å². The van der Waals surface area contributed by atoms with Crippen molar-refractivity contribution in [2.45, 2.75) is 0 Å². The number of hydrogen-bond donors (Lipinski definition) is 2. The van der Waals surface area contributed by atoms with Crippen molar-refractivity contribution in [1.82, 2.24) is 10.2 Å². The van der Waals surface area contributed by atoms with Gasteiger partial charge < -0.3 is 10.2 Å². The van der Waals surface area contributed by atoms with E-state index in [1.54, 1.807) is 18.1 Å². The lowest BCUT2D eigenvalue weighted by Crippen LogP contribution is -2.39. The second-order valence-corrected chi connectivity index (χ2v) is 2.13. The second kappa shape index (κ2) is 2.51. The van der Waals surface area contributed by atoms with Crippen molar-refractivity contribution in [2.75, 3.05) is 13.7 Å². The molecule has 0 saturated carbocycles. The van der Waals surface area contributed by atoms with E-state index >= 15 is 0 Å². The first-order chi connectivity index (χ1) is 4.75. The topological polar surface area (TPSA) is 56.2 Å². The largest absolute Gasteiger partial charge is 0.373 e. The van der Waals surface area contributed by atoms with Gasteiger partial charge in [-0.1, -0.05) is 0 Å². The Morgan fingerprint density at radius 3 is 3.10 bits per heavy atom. The summed E-state index contributed by atoms with van der Waals surface area (Å²) in [6.07, 6.45) is 2.22. The molecule has 1 heterocycles. The van der Waals surface area contributed by atoms with Crippen LogP contribution in [-0.2, 0) is 4.79 Å². The van der Waals surface area contributed by atoms with Gasteiger partial charge in [0.25, 0.3) is 0 Å². The summed E-state index contributed by atoms with van der Waals surface area (Å²) in [5.74, 6) is 0.272. The Labute approximate surface area is 59.0 Å². The molecule has 1 aliphatic heterocycles. The number of carbonyl (C=O) groups excluding carboxylic acids is 1. The Bertz CT molecular complexity index is 197. The van der Waals surface area contributed by atoms with Gasteiger partial charge in [-0.3, -0.25) is 10.2 Å². The third-order valence-corrected chi connectivity index (χ3v) is 1.37. The molecule has 2 N–H and O–H groups in total. The van der Waals surface area contributed by atoms with E-state index in [1.807, 2.05) is 0 Å². The maximum absolute atomic E-state index is 10.2. The average Bonchev–Trinajstić information content (AvgIpc) is 1.95. The summed E-state index contributed by atoms with van der Waals surface area (Å²) in [7, 11) is 1.76. The minimum Gasteiger partial charge on any atom is -0.373 e. The van der Waals surface area contributed by atoms with Gasteiger partial charge in [-0.2, -0.15) is 0 Å². The van der Waals surface area contributed by atoms with Crippen molar-refractivity contribution in [3.63, 3.8) is 0 Å². The summed E-state index contributed by atoms with van der Waals surface area (Å²) in [6.45, 7) is 0.593. The highest BCUT2D eigenvalue weighted by atomic mass is 16.1. The van der Waals surface area contributed by atoms with Crippen molar-refractivity contribution in [1.29, 1.82) is 5.41 Å². The van der Waals surface area contributed by atoms with Crippen molar-refractivity contribution < 1.29 is 4.79 Å². The maximum Gasteiger partial charge on any atom is 0.155 e. The van der Waals surface area contributed by atoms with Crippen molar-refractivity contribution in [3.8, 4) is 0 Å². The molecule has 4 heteroatoms. The molecule has 0 aromatic rings. The van der Waals surface area contributed by atoms with Crippen LogP contribution in [0.15, 0.2) is 11.8 Å². The second-order valence-electron chi connectivity index (χ2n) is 2.13. The van der Waals surface area contributed by atoms with Crippen LogP contribution in [0.5, 0.6) is 0 Å². The SMILES string of the molecule is CN1CNC=C(C=O)C1=N. The zero-order valence-electron chi connectivity index (χ0n) is 5.72. The first-order valence-corrected chi connectivity index (χ1v) is 2.94. The van der Waals surface area contributed by atoms with Crippen molar-refractivity contribution in [3.05, 3.63) is 11.8 Å². The van der Waals surface area contributed by atoms with Gasteiger partial charge in [0.05, 0.1) is 12.2 Å². The monoisotopic (exact) mass is 139 g/mol. The van der Waals surface area contributed by atoms with Crippen molar-refractivity contribution >= 4 is 12.1 Å². The Balaban J connectivity index is 2.81. The molecule has 54 valence electrons. The van der Waals surface area contributed by atoms with Gasteiger partial charge in [0.1, 0.15) is 5.84 Å². The van der Waals surface area contributed by atoms with E-state index in [-0.39, 0.29) is 5.84 Å². The van der Waals surface area contributed by atoms with E-state index in [1.165, 1.54) is 0 Å². The number of carbonyl (C=O) groups is 1. The molecule has 0 unspecified atom stereocenters. The van der Waals surface area contributed by atoms with Crippen LogP contribution < -0.4 is 5.32 Å². The van der Waals surface area contributed by atoms with E-state index in [9.17, 15) is 4.79 Å².